The zero-order valence-electron chi connectivity index (χ0n) is 16.4. The summed E-state index contributed by atoms with van der Waals surface area (Å²) in [6, 6.07) is 12.1. The lowest BCUT2D eigenvalue weighted by Crippen LogP contribution is -2.45. The number of carboxylic acids is 1. The van der Waals surface area contributed by atoms with E-state index in [9.17, 15) is 19.5 Å². The highest BCUT2D eigenvalue weighted by Gasteiger charge is 2.31. The van der Waals surface area contributed by atoms with Gasteiger partial charge in [0, 0.05) is 11.4 Å². The maximum absolute atomic E-state index is 13.0. The van der Waals surface area contributed by atoms with Crippen LogP contribution in [0.3, 0.4) is 0 Å². The highest BCUT2D eigenvalue weighted by atomic mass is 16.5. The van der Waals surface area contributed by atoms with Crippen molar-refractivity contribution in [2.75, 3.05) is 19.0 Å². The summed E-state index contributed by atoms with van der Waals surface area (Å²) in [6.45, 7) is 1.07. The van der Waals surface area contributed by atoms with Gasteiger partial charge < -0.3 is 35.3 Å². The quantitative estimate of drug-likeness (QED) is 0.627. The van der Waals surface area contributed by atoms with Gasteiger partial charge in [-0.3, -0.25) is 4.79 Å². The Labute approximate surface area is 172 Å². The number of urea groups is 1. The van der Waals surface area contributed by atoms with Crippen LogP contribution in [-0.4, -0.2) is 31.6 Å². The maximum Gasteiger partial charge on any atom is 0.319 e. The fraction of sp³-hybridized carbons (Fsp3) is 0.190. The monoisotopic (exact) mass is 410 g/mol. The van der Waals surface area contributed by atoms with Crippen molar-refractivity contribution in [1.29, 1.82) is 0 Å². The van der Waals surface area contributed by atoms with Crippen LogP contribution in [-0.2, 0) is 9.59 Å². The number of hydrogen-bond acceptors (Lipinski definition) is 6. The molecule has 0 unspecified atom stereocenters. The number of aliphatic carboxylic acids is 1. The molecular weight excluding hydrogens is 390 g/mol. The third-order valence-electron chi connectivity index (χ3n) is 4.43. The summed E-state index contributed by atoms with van der Waals surface area (Å²) in [4.78, 5) is 35.5. The van der Waals surface area contributed by atoms with Gasteiger partial charge in [0.2, 0.25) is 0 Å². The number of benzene rings is 2. The van der Waals surface area contributed by atoms with Crippen molar-refractivity contribution in [2.45, 2.75) is 13.0 Å². The Hall–Kier alpha value is -4.01. The predicted octanol–water partition coefficient (Wildman–Crippen LogP) is 1.09. The summed E-state index contributed by atoms with van der Waals surface area (Å²) in [6.07, 6.45) is 0. The lowest BCUT2D eigenvalue weighted by atomic mass is 9.94. The Bertz CT molecular complexity index is 983. The molecule has 2 aromatic carbocycles. The predicted molar refractivity (Wildman–Crippen MR) is 106 cm³/mol. The summed E-state index contributed by atoms with van der Waals surface area (Å²) in [5.41, 5.74) is 1.97. The Balaban J connectivity index is 1.83. The van der Waals surface area contributed by atoms with E-state index < -0.39 is 24.6 Å². The number of ether oxygens (including phenoxy) is 2. The molecule has 3 rings (SSSR count). The standard InChI is InChI=1S/C21H21N3O6/c1-12-18(20(27)23-14-5-9-15(29-2)10-6-14)19(24-21(28)22-12)13-3-7-16(8-4-13)30-11-17(25)26/h3-10,19H,11H2,1-2H3,(H,23,27)(H,25,26)(H2,22,24,28)/p-1/t19-/m1/s1. The molecular formula is C21H20N3O6-. The lowest BCUT2D eigenvalue weighted by molar-refractivity contribution is -0.307. The van der Waals surface area contributed by atoms with Crippen molar-refractivity contribution < 1.29 is 29.0 Å². The zero-order valence-corrected chi connectivity index (χ0v) is 16.4. The van der Waals surface area contributed by atoms with Gasteiger partial charge in [0.05, 0.1) is 24.7 Å². The molecule has 0 spiro atoms. The molecule has 9 nitrogen and oxygen atoms in total. The number of methoxy groups -OCH3 is 1. The van der Waals surface area contributed by atoms with Gasteiger partial charge in [-0.25, -0.2) is 4.79 Å². The molecule has 0 radical (unpaired) electrons. The van der Waals surface area contributed by atoms with E-state index in [1.165, 1.54) is 0 Å². The minimum atomic E-state index is -1.33. The maximum atomic E-state index is 13.0. The minimum Gasteiger partial charge on any atom is -0.546 e. The summed E-state index contributed by atoms with van der Waals surface area (Å²) in [5.74, 6) is -0.727. The molecule has 3 amide bonds. The normalized spacial score (nSPS) is 15.7. The van der Waals surface area contributed by atoms with E-state index in [-0.39, 0.29) is 5.91 Å². The van der Waals surface area contributed by atoms with Crippen LogP contribution >= 0.6 is 0 Å². The molecule has 0 aromatic heterocycles. The molecule has 0 bridgehead atoms. The molecule has 3 N–H and O–H groups in total. The summed E-state index contributed by atoms with van der Waals surface area (Å²) >= 11 is 0. The minimum absolute atomic E-state index is 0.327. The van der Waals surface area contributed by atoms with E-state index in [4.69, 9.17) is 9.47 Å². The average Bonchev–Trinajstić information content (AvgIpc) is 2.72. The Morgan fingerprint density at radius 3 is 2.30 bits per heavy atom. The Morgan fingerprint density at radius 1 is 1.07 bits per heavy atom. The van der Waals surface area contributed by atoms with Crippen LogP contribution < -0.4 is 30.5 Å². The molecule has 1 aliphatic rings. The van der Waals surface area contributed by atoms with E-state index >= 15 is 0 Å². The van der Waals surface area contributed by atoms with Gasteiger partial charge in [-0.1, -0.05) is 12.1 Å². The Morgan fingerprint density at radius 2 is 1.70 bits per heavy atom. The number of amides is 3. The zero-order chi connectivity index (χ0) is 21.7. The number of allylic oxidation sites excluding steroid dienone is 1. The first-order valence-corrected chi connectivity index (χ1v) is 9.03. The average molecular weight is 410 g/mol. The number of nitrogens with one attached hydrogen (secondary N) is 3. The van der Waals surface area contributed by atoms with Crippen LogP contribution in [0, 0.1) is 0 Å². The fourth-order valence-electron chi connectivity index (χ4n) is 3.02. The van der Waals surface area contributed by atoms with Crippen LogP contribution in [0.25, 0.3) is 0 Å². The van der Waals surface area contributed by atoms with Crippen molar-refractivity contribution in [2.24, 2.45) is 0 Å². The SMILES string of the molecule is COc1ccc(NC(=O)C2=C(C)NC(=O)N[C@@H]2c2ccc(OCC(=O)[O-])cc2)cc1. The number of rotatable bonds is 7. The van der Waals surface area contributed by atoms with Crippen molar-refractivity contribution in [3.05, 3.63) is 65.4 Å². The van der Waals surface area contributed by atoms with Crippen molar-refractivity contribution >= 4 is 23.6 Å². The lowest BCUT2D eigenvalue weighted by Gasteiger charge is -2.28. The van der Waals surface area contributed by atoms with Crippen LogP contribution in [0.2, 0.25) is 0 Å². The smallest absolute Gasteiger partial charge is 0.319 e. The first-order chi connectivity index (χ1) is 14.4. The second-order valence-electron chi connectivity index (χ2n) is 6.48. The van der Waals surface area contributed by atoms with E-state index in [1.54, 1.807) is 62.6 Å². The van der Waals surface area contributed by atoms with Gasteiger partial charge in [-0.2, -0.15) is 0 Å². The second-order valence-corrected chi connectivity index (χ2v) is 6.48. The number of carbonyl (C=O) groups excluding carboxylic acids is 3. The van der Waals surface area contributed by atoms with Crippen LogP contribution in [0.15, 0.2) is 59.8 Å². The van der Waals surface area contributed by atoms with Crippen molar-refractivity contribution in [1.82, 2.24) is 10.6 Å². The van der Waals surface area contributed by atoms with E-state index in [1.807, 2.05) is 0 Å². The largest absolute Gasteiger partial charge is 0.546 e. The van der Waals surface area contributed by atoms with Crippen molar-refractivity contribution in [3.8, 4) is 11.5 Å². The van der Waals surface area contributed by atoms with Gasteiger partial charge in [-0.15, -0.1) is 0 Å². The molecule has 0 saturated carbocycles. The molecule has 1 heterocycles. The van der Waals surface area contributed by atoms with Crippen molar-refractivity contribution in [3.63, 3.8) is 0 Å². The van der Waals surface area contributed by atoms with Gasteiger partial charge in [0.1, 0.15) is 18.1 Å². The molecule has 1 atom stereocenters. The van der Waals surface area contributed by atoms with Gasteiger partial charge in [0.15, 0.2) is 0 Å². The van der Waals surface area contributed by atoms with Gasteiger partial charge >= 0.3 is 6.03 Å². The van der Waals surface area contributed by atoms with Crippen LogP contribution in [0.5, 0.6) is 11.5 Å². The topological polar surface area (TPSA) is 129 Å². The third-order valence-corrected chi connectivity index (χ3v) is 4.43. The summed E-state index contributed by atoms with van der Waals surface area (Å²) in [5, 5.41) is 18.7. The van der Waals surface area contributed by atoms with E-state index in [0.717, 1.165) is 0 Å². The van der Waals surface area contributed by atoms with Gasteiger partial charge in [0.25, 0.3) is 5.91 Å². The molecule has 0 fully saturated rings. The third kappa shape index (κ3) is 4.88. The Kier molecular flexibility index (Phi) is 6.21. The molecule has 156 valence electrons. The van der Waals surface area contributed by atoms with E-state index in [2.05, 4.69) is 16.0 Å². The molecule has 2 aromatic rings. The number of carbonyl (C=O) groups is 3. The van der Waals surface area contributed by atoms with Gasteiger partial charge in [-0.05, 0) is 48.9 Å². The van der Waals surface area contributed by atoms with Crippen LogP contribution in [0.1, 0.15) is 18.5 Å². The first kappa shape index (κ1) is 20.7. The number of hydrogen-bond donors (Lipinski definition) is 3. The second kappa shape index (κ2) is 8.99. The molecule has 30 heavy (non-hydrogen) atoms. The van der Waals surface area contributed by atoms with Crippen LogP contribution in [0.4, 0.5) is 10.5 Å². The highest BCUT2D eigenvalue weighted by molar-refractivity contribution is 6.06. The molecule has 1 aliphatic heterocycles. The highest BCUT2D eigenvalue weighted by Crippen LogP contribution is 2.29. The molecule has 0 saturated heterocycles. The first-order valence-electron chi connectivity index (χ1n) is 9.03. The molecule has 9 heteroatoms. The fourth-order valence-corrected chi connectivity index (χ4v) is 3.02. The summed E-state index contributed by atoms with van der Waals surface area (Å²) in [7, 11) is 1.55. The summed E-state index contributed by atoms with van der Waals surface area (Å²) < 4.78 is 10.2. The number of anilines is 1. The number of carboxylic acid groups (broad SMARTS) is 1. The van der Waals surface area contributed by atoms with E-state index in [0.29, 0.717) is 34.0 Å². The molecule has 0 aliphatic carbocycles.